The van der Waals surface area contributed by atoms with Crippen LogP contribution in [-0.2, 0) is 0 Å². The molecule has 0 fully saturated rings. The van der Waals surface area contributed by atoms with Gasteiger partial charge in [0.2, 0.25) is 0 Å². The predicted molar refractivity (Wildman–Crippen MR) is 61.2 cm³/mol. The van der Waals surface area contributed by atoms with Gasteiger partial charge in [0.05, 0.1) is 6.54 Å². The lowest BCUT2D eigenvalue weighted by atomic mass is 10.2. The molecule has 0 aliphatic rings. The molecule has 0 atom stereocenters. The van der Waals surface area contributed by atoms with Crippen LogP contribution in [0.2, 0.25) is 5.02 Å². The molecule has 74 valence electrons. The SMILES string of the molecule is NC(N)=NCC=Cc1ccccc1Cl. The zero-order valence-corrected chi connectivity index (χ0v) is 8.41. The number of hydrogen-bond acceptors (Lipinski definition) is 1. The van der Waals surface area contributed by atoms with E-state index in [0.29, 0.717) is 11.6 Å². The zero-order valence-electron chi connectivity index (χ0n) is 7.65. The Balaban J connectivity index is 2.61. The van der Waals surface area contributed by atoms with E-state index in [1.807, 2.05) is 36.4 Å². The first-order chi connectivity index (χ1) is 6.70. The topological polar surface area (TPSA) is 64.4 Å². The maximum atomic E-state index is 5.93. The van der Waals surface area contributed by atoms with Gasteiger partial charge >= 0.3 is 0 Å². The molecular weight excluding hydrogens is 198 g/mol. The Kier molecular flexibility index (Phi) is 4.01. The number of rotatable bonds is 3. The van der Waals surface area contributed by atoms with E-state index >= 15 is 0 Å². The van der Waals surface area contributed by atoms with Crippen LogP contribution in [0.3, 0.4) is 0 Å². The second-order valence-corrected chi connectivity index (χ2v) is 3.10. The Bertz CT molecular complexity index is 354. The molecule has 0 aliphatic carbocycles. The first kappa shape index (κ1) is 10.6. The molecule has 0 unspecified atom stereocenters. The number of nitrogens with two attached hydrogens (primary N) is 2. The van der Waals surface area contributed by atoms with Gasteiger partial charge in [-0.3, -0.25) is 0 Å². The van der Waals surface area contributed by atoms with Crippen LogP contribution in [0.15, 0.2) is 35.3 Å². The summed E-state index contributed by atoms with van der Waals surface area (Å²) in [6.07, 6.45) is 3.73. The molecule has 0 saturated heterocycles. The molecule has 0 amide bonds. The normalized spacial score (nSPS) is 10.4. The Hall–Kier alpha value is -1.48. The minimum Gasteiger partial charge on any atom is -0.370 e. The van der Waals surface area contributed by atoms with Gasteiger partial charge in [0, 0.05) is 5.02 Å². The number of halogens is 1. The van der Waals surface area contributed by atoms with Crippen LogP contribution in [0, 0.1) is 0 Å². The van der Waals surface area contributed by atoms with E-state index in [0.717, 1.165) is 5.56 Å². The fourth-order valence-corrected chi connectivity index (χ4v) is 1.15. The van der Waals surface area contributed by atoms with Crippen molar-refractivity contribution in [1.29, 1.82) is 0 Å². The summed E-state index contributed by atoms with van der Waals surface area (Å²) in [5.41, 5.74) is 11.3. The van der Waals surface area contributed by atoms with E-state index in [1.54, 1.807) is 0 Å². The highest BCUT2D eigenvalue weighted by molar-refractivity contribution is 6.32. The summed E-state index contributed by atoms with van der Waals surface area (Å²) in [6.45, 7) is 0.466. The predicted octanol–water partition coefficient (Wildman–Crippen LogP) is 1.63. The number of guanidine groups is 1. The Labute approximate surface area is 88.1 Å². The van der Waals surface area contributed by atoms with Crippen LogP contribution in [0.4, 0.5) is 0 Å². The molecule has 0 aliphatic heterocycles. The van der Waals surface area contributed by atoms with Gasteiger partial charge in [-0.2, -0.15) is 0 Å². The lowest BCUT2D eigenvalue weighted by Gasteiger charge is -1.95. The van der Waals surface area contributed by atoms with Crippen LogP contribution in [0.25, 0.3) is 6.08 Å². The third-order valence-corrected chi connectivity index (χ3v) is 1.93. The molecule has 1 rings (SSSR count). The fraction of sp³-hybridized carbons (Fsp3) is 0.100. The highest BCUT2D eigenvalue weighted by atomic mass is 35.5. The highest BCUT2D eigenvalue weighted by Gasteiger charge is 1.91. The van der Waals surface area contributed by atoms with Gasteiger partial charge in [-0.25, -0.2) is 4.99 Å². The summed E-state index contributed by atoms with van der Waals surface area (Å²) in [5, 5.41) is 0.716. The van der Waals surface area contributed by atoms with Crippen molar-refractivity contribution in [2.24, 2.45) is 16.5 Å². The van der Waals surface area contributed by atoms with Crippen molar-refractivity contribution in [3.8, 4) is 0 Å². The molecule has 0 bridgehead atoms. The quantitative estimate of drug-likeness (QED) is 0.587. The third-order valence-electron chi connectivity index (χ3n) is 1.58. The summed E-state index contributed by atoms with van der Waals surface area (Å²) in [6, 6.07) is 7.57. The molecule has 4 heteroatoms. The lowest BCUT2D eigenvalue weighted by molar-refractivity contribution is 1.22. The number of hydrogen-bond donors (Lipinski definition) is 2. The van der Waals surface area contributed by atoms with E-state index in [2.05, 4.69) is 4.99 Å². The van der Waals surface area contributed by atoms with Gasteiger partial charge in [0.1, 0.15) is 0 Å². The van der Waals surface area contributed by atoms with Crippen LogP contribution >= 0.6 is 11.6 Å². The van der Waals surface area contributed by atoms with Crippen molar-refractivity contribution in [1.82, 2.24) is 0 Å². The number of aliphatic imine (C=N–C) groups is 1. The molecule has 4 N–H and O–H groups in total. The van der Waals surface area contributed by atoms with Crippen molar-refractivity contribution >= 4 is 23.6 Å². The molecule has 0 radical (unpaired) electrons. The zero-order chi connectivity index (χ0) is 10.4. The van der Waals surface area contributed by atoms with Crippen LogP contribution in [0.1, 0.15) is 5.56 Å². The highest BCUT2D eigenvalue weighted by Crippen LogP contribution is 2.15. The molecule has 0 aromatic heterocycles. The Morgan fingerprint density at radius 3 is 2.71 bits per heavy atom. The monoisotopic (exact) mass is 209 g/mol. The Morgan fingerprint density at radius 2 is 2.07 bits per heavy atom. The standard InChI is InChI=1S/C10H12ClN3/c11-9-6-2-1-4-8(9)5-3-7-14-10(12)13/h1-6H,7H2,(H4,12,13,14). The molecule has 0 heterocycles. The van der Waals surface area contributed by atoms with Crippen LogP contribution in [-0.4, -0.2) is 12.5 Å². The van der Waals surface area contributed by atoms with Gasteiger partial charge in [0.15, 0.2) is 5.96 Å². The van der Waals surface area contributed by atoms with Crippen molar-refractivity contribution in [2.45, 2.75) is 0 Å². The largest absolute Gasteiger partial charge is 0.370 e. The number of benzene rings is 1. The molecule has 1 aromatic rings. The number of nitrogens with zero attached hydrogens (tertiary/aromatic N) is 1. The van der Waals surface area contributed by atoms with E-state index in [1.165, 1.54) is 0 Å². The summed E-state index contributed by atoms with van der Waals surface area (Å²) >= 11 is 5.93. The van der Waals surface area contributed by atoms with Crippen molar-refractivity contribution in [2.75, 3.05) is 6.54 Å². The Morgan fingerprint density at radius 1 is 1.36 bits per heavy atom. The first-order valence-electron chi connectivity index (χ1n) is 4.16. The smallest absolute Gasteiger partial charge is 0.186 e. The molecule has 1 aromatic carbocycles. The van der Waals surface area contributed by atoms with Gasteiger partial charge < -0.3 is 11.5 Å². The van der Waals surface area contributed by atoms with E-state index in [-0.39, 0.29) is 5.96 Å². The third kappa shape index (κ3) is 3.49. The van der Waals surface area contributed by atoms with E-state index in [9.17, 15) is 0 Å². The second kappa shape index (κ2) is 5.29. The van der Waals surface area contributed by atoms with Crippen LogP contribution < -0.4 is 11.5 Å². The second-order valence-electron chi connectivity index (χ2n) is 2.69. The van der Waals surface area contributed by atoms with Crippen molar-refractivity contribution in [3.63, 3.8) is 0 Å². The minimum atomic E-state index is 0.0915. The minimum absolute atomic E-state index is 0.0915. The maximum absolute atomic E-state index is 5.93. The van der Waals surface area contributed by atoms with E-state index < -0.39 is 0 Å². The van der Waals surface area contributed by atoms with Gasteiger partial charge in [-0.05, 0) is 11.6 Å². The van der Waals surface area contributed by atoms with Gasteiger partial charge in [-0.1, -0.05) is 42.0 Å². The summed E-state index contributed by atoms with van der Waals surface area (Å²) in [4.78, 5) is 3.81. The van der Waals surface area contributed by atoms with Crippen LogP contribution in [0.5, 0.6) is 0 Å². The molecule has 0 saturated carbocycles. The molecule has 0 spiro atoms. The summed E-state index contributed by atoms with van der Waals surface area (Å²) in [5.74, 6) is 0.0915. The lowest BCUT2D eigenvalue weighted by Crippen LogP contribution is -2.22. The van der Waals surface area contributed by atoms with Crippen molar-refractivity contribution < 1.29 is 0 Å². The van der Waals surface area contributed by atoms with Gasteiger partial charge in [-0.15, -0.1) is 0 Å². The average Bonchev–Trinajstić information content (AvgIpc) is 2.15. The molecule has 3 nitrogen and oxygen atoms in total. The van der Waals surface area contributed by atoms with Crippen molar-refractivity contribution in [3.05, 3.63) is 40.9 Å². The van der Waals surface area contributed by atoms with Gasteiger partial charge in [0.25, 0.3) is 0 Å². The fourth-order valence-electron chi connectivity index (χ4n) is 0.948. The van der Waals surface area contributed by atoms with E-state index in [4.69, 9.17) is 23.1 Å². The molecule has 14 heavy (non-hydrogen) atoms. The molecular formula is C10H12ClN3. The average molecular weight is 210 g/mol. The maximum Gasteiger partial charge on any atom is 0.186 e. The summed E-state index contributed by atoms with van der Waals surface area (Å²) in [7, 11) is 0. The first-order valence-corrected chi connectivity index (χ1v) is 4.54. The summed E-state index contributed by atoms with van der Waals surface area (Å²) < 4.78 is 0.